The zero-order chi connectivity index (χ0) is 9.07. The number of hydrogen-bond donors (Lipinski definition) is 2. The molecule has 0 atom stereocenters. The highest BCUT2D eigenvalue weighted by atomic mass is 17.9. The summed E-state index contributed by atoms with van der Waals surface area (Å²) in [6, 6.07) is 0. The van der Waals surface area contributed by atoms with Crippen LogP contribution < -0.4 is 0 Å². The van der Waals surface area contributed by atoms with E-state index in [1.54, 1.807) is 0 Å². The van der Waals surface area contributed by atoms with E-state index >= 15 is 0 Å². The van der Waals surface area contributed by atoms with Crippen LogP contribution in [0.4, 0.5) is 0 Å². The van der Waals surface area contributed by atoms with Gasteiger partial charge in [-0.1, -0.05) is 0 Å². The molecule has 12 nitrogen and oxygen atoms in total. The molecule has 12 heavy (non-hydrogen) atoms. The van der Waals surface area contributed by atoms with E-state index in [1.165, 1.54) is 0 Å². The Labute approximate surface area is 62.3 Å². The Bertz CT molecular complexity index is 56.4. The SMILES string of the molecule is OOOOOOOOOOOO. The van der Waals surface area contributed by atoms with Gasteiger partial charge in [-0.15, -0.1) is 0 Å². The molecule has 0 fully saturated rings. The molecule has 0 saturated carbocycles. The molecule has 2 N–H and O–H groups in total. The summed E-state index contributed by atoms with van der Waals surface area (Å²) in [5.74, 6) is 0. The Morgan fingerprint density at radius 2 is 0.667 bits per heavy atom. The average Bonchev–Trinajstić information content (AvgIpc) is 2.10. The molecule has 74 valence electrons. The van der Waals surface area contributed by atoms with Crippen LogP contribution in [0, 0.1) is 0 Å². The summed E-state index contributed by atoms with van der Waals surface area (Å²) in [5, 5.41) is 47.0. The minimum absolute atomic E-state index is 2.85. The third-order valence-corrected chi connectivity index (χ3v) is 0.255. The second kappa shape index (κ2) is 10.5. The van der Waals surface area contributed by atoms with Gasteiger partial charge in [0.25, 0.3) is 0 Å². The summed E-state index contributed by atoms with van der Waals surface area (Å²) in [6.45, 7) is 0. The summed E-state index contributed by atoms with van der Waals surface area (Å²) in [4.78, 5) is 0. The largest absolute Gasteiger partial charge is 0.219 e. The molecule has 0 saturated heterocycles. The minimum atomic E-state index is 2.85. The van der Waals surface area contributed by atoms with E-state index in [0.717, 1.165) is 0 Å². The van der Waals surface area contributed by atoms with Crippen LogP contribution in [0.25, 0.3) is 0 Å². The van der Waals surface area contributed by atoms with Crippen LogP contribution in [0.15, 0.2) is 0 Å². The van der Waals surface area contributed by atoms with Crippen molar-refractivity contribution in [1.82, 2.24) is 0 Å². The Morgan fingerprint density at radius 3 is 0.917 bits per heavy atom. The fraction of sp³-hybridized carbons (Fsp3) is 0. The van der Waals surface area contributed by atoms with Crippen LogP contribution in [0.1, 0.15) is 0 Å². The Hall–Kier alpha value is -0.480. The van der Waals surface area contributed by atoms with Gasteiger partial charge in [-0.05, 0) is 50.4 Å². The molecule has 0 aliphatic rings. The van der Waals surface area contributed by atoms with Gasteiger partial charge >= 0.3 is 0 Å². The van der Waals surface area contributed by atoms with E-state index in [2.05, 4.69) is 50.4 Å². The zero-order valence-electron chi connectivity index (χ0n) is 4.98. The molecule has 0 spiro atoms. The first-order valence-electron chi connectivity index (χ1n) is 1.87. The van der Waals surface area contributed by atoms with Crippen LogP contribution in [0.3, 0.4) is 0 Å². The monoisotopic (exact) mass is 194 g/mol. The summed E-state index contributed by atoms with van der Waals surface area (Å²) in [5.41, 5.74) is 0. The molecule has 0 rings (SSSR count). The maximum atomic E-state index is 7.40. The van der Waals surface area contributed by atoms with E-state index < -0.39 is 0 Å². The maximum absolute atomic E-state index is 7.40. The van der Waals surface area contributed by atoms with Gasteiger partial charge in [-0.25, -0.2) is 10.5 Å². The first-order valence-corrected chi connectivity index (χ1v) is 1.87. The van der Waals surface area contributed by atoms with Crippen molar-refractivity contribution in [2.45, 2.75) is 0 Å². The number of rotatable bonds is 9. The van der Waals surface area contributed by atoms with E-state index in [1.807, 2.05) is 0 Å². The van der Waals surface area contributed by atoms with Gasteiger partial charge in [0.05, 0.1) is 0 Å². The molecule has 0 aromatic rings. The molecule has 0 unspecified atom stereocenters. The van der Waals surface area contributed by atoms with Crippen molar-refractivity contribution in [3.63, 3.8) is 0 Å². The predicted molar refractivity (Wildman–Crippen MR) is 16.1 cm³/mol. The lowest BCUT2D eigenvalue weighted by Crippen LogP contribution is -2.01. The zero-order valence-corrected chi connectivity index (χ0v) is 4.98. The highest BCUT2D eigenvalue weighted by molar-refractivity contribution is 3.03. The van der Waals surface area contributed by atoms with E-state index in [0.29, 0.717) is 0 Å². The van der Waals surface area contributed by atoms with Crippen LogP contribution in [-0.2, 0) is 50.4 Å². The van der Waals surface area contributed by atoms with Gasteiger partial charge in [-0.3, -0.25) is 0 Å². The lowest BCUT2D eigenvalue weighted by molar-refractivity contribution is -0.862. The summed E-state index contributed by atoms with van der Waals surface area (Å²) in [6.07, 6.45) is 0. The minimum Gasteiger partial charge on any atom is -0.219 e. The normalized spacial score (nSPS) is 10.5. The van der Waals surface area contributed by atoms with Gasteiger partial charge in [0.15, 0.2) is 0 Å². The molecular formula is H2O12. The van der Waals surface area contributed by atoms with E-state index in [-0.39, 0.29) is 0 Å². The summed E-state index contributed by atoms with van der Waals surface area (Å²) in [7, 11) is 0. The first-order chi connectivity index (χ1) is 5.91. The molecule has 12 heteroatoms. The first kappa shape index (κ1) is 11.5. The molecule has 0 aliphatic heterocycles. The van der Waals surface area contributed by atoms with E-state index in [9.17, 15) is 0 Å². The molecule has 0 radical (unpaired) electrons. The maximum Gasteiger partial charge on any atom is -0.0000000101 e. The third-order valence-electron chi connectivity index (χ3n) is 0.255. The van der Waals surface area contributed by atoms with Crippen LogP contribution >= 0.6 is 0 Å². The second-order valence-corrected chi connectivity index (χ2v) is 0.693. The van der Waals surface area contributed by atoms with Gasteiger partial charge in [0, 0.05) is 0 Å². The van der Waals surface area contributed by atoms with Crippen LogP contribution in [0.2, 0.25) is 0 Å². The summed E-state index contributed by atoms with van der Waals surface area (Å²) >= 11 is 0. The highest BCUT2D eigenvalue weighted by Gasteiger charge is 1.94. The second-order valence-electron chi connectivity index (χ2n) is 0.693. The van der Waals surface area contributed by atoms with Crippen molar-refractivity contribution >= 4 is 0 Å². The van der Waals surface area contributed by atoms with Gasteiger partial charge in [0.1, 0.15) is 0 Å². The van der Waals surface area contributed by atoms with Crippen molar-refractivity contribution in [3.05, 3.63) is 0 Å². The summed E-state index contributed by atoms with van der Waals surface area (Å²) < 4.78 is 0. The topological polar surface area (TPSA) is 133 Å². The van der Waals surface area contributed by atoms with Gasteiger partial charge in [0.2, 0.25) is 0 Å². The molecular weight excluding hydrogens is 192 g/mol. The molecule has 0 aromatic heterocycles. The standard InChI is InChI=1S/H2O12/c1-3-5-7-9-11-12-10-8-6-4-2/h1-2H. The molecule has 0 aromatic carbocycles. The molecule has 0 amide bonds. The fourth-order valence-corrected chi connectivity index (χ4v) is 0.0929. The highest BCUT2D eigenvalue weighted by Crippen LogP contribution is 1.88. The van der Waals surface area contributed by atoms with Gasteiger partial charge < -0.3 is 0 Å². The Kier molecular flexibility index (Phi) is 10.1. The van der Waals surface area contributed by atoms with Crippen molar-refractivity contribution in [1.29, 1.82) is 0 Å². The lowest BCUT2D eigenvalue weighted by atomic mass is 14.1. The van der Waals surface area contributed by atoms with E-state index in [4.69, 9.17) is 10.5 Å². The lowest BCUT2D eigenvalue weighted by Gasteiger charge is -1.95. The van der Waals surface area contributed by atoms with Crippen LogP contribution in [0.5, 0.6) is 0 Å². The Balaban J connectivity index is 2.73. The van der Waals surface area contributed by atoms with Crippen molar-refractivity contribution in [2.24, 2.45) is 0 Å². The molecule has 0 heterocycles. The third kappa shape index (κ3) is 9.52. The smallest absolute Gasteiger partial charge is 0.0000000101 e. The van der Waals surface area contributed by atoms with Crippen molar-refractivity contribution < 1.29 is 60.9 Å². The number of hydrogen-bond acceptors (Lipinski definition) is 12. The quantitative estimate of drug-likeness (QED) is 0.274. The van der Waals surface area contributed by atoms with Crippen molar-refractivity contribution in [2.75, 3.05) is 0 Å². The average molecular weight is 194 g/mol. The molecule has 0 bridgehead atoms. The Morgan fingerprint density at radius 1 is 0.417 bits per heavy atom. The molecule has 0 aliphatic carbocycles. The van der Waals surface area contributed by atoms with Crippen LogP contribution in [-0.4, -0.2) is 10.5 Å². The van der Waals surface area contributed by atoms with Crippen molar-refractivity contribution in [3.8, 4) is 0 Å². The van der Waals surface area contributed by atoms with Gasteiger partial charge in [-0.2, -0.15) is 0 Å². The fourth-order valence-electron chi connectivity index (χ4n) is 0.0929. The predicted octanol–water partition coefficient (Wildman–Crippen LogP) is -0.667.